The van der Waals surface area contributed by atoms with Crippen molar-refractivity contribution < 1.29 is 18.9 Å². The summed E-state index contributed by atoms with van der Waals surface area (Å²) in [5.74, 6) is 2.53. The number of nitrogen functional groups attached to an aromatic ring is 1. The van der Waals surface area contributed by atoms with Gasteiger partial charge in [-0.25, -0.2) is 0 Å². The van der Waals surface area contributed by atoms with E-state index < -0.39 is 0 Å². The van der Waals surface area contributed by atoms with Crippen LogP contribution in [0.25, 0.3) is 0 Å². The van der Waals surface area contributed by atoms with E-state index in [9.17, 15) is 0 Å². The molecule has 124 valence electrons. The molecule has 0 heterocycles. The van der Waals surface area contributed by atoms with Crippen LogP contribution in [-0.4, -0.2) is 28.4 Å². The lowest BCUT2D eigenvalue weighted by Crippen LogP contribution is -2.04. The summed E-state index contributed by atoms with van der Waals surface area (Å²) >= 11 is 0. The number of nitrogens with two attached hydrogens (primary N) is 1. The van der Waals surface area contributed by atoms with Gasteiger partial charge in [-0.2, -0.15) is 0 Å². The highest BCUT2D eigenvalue weighted by Crippen LogP contribution is 2.38. The zero-order valence-electron chi connectivity index (χ0n) is 13.8. The molecule has 0 aliphatic rings. The molecule has 0 aliphatic carbocycles. The summed E-state index contributed by atoms with van der Waals surface area (Å²) in [7, 11) is 6.38. The highest BCUT2D eigenvalue weighted by molar-refractivity contribution is 5.68. The first-order chi connectivity index (χ1) is 11.1. The van der Waals surface area contributed by atoms with Gasteiger partial charge in [-0.15, -0.1) is 0 Å². The highest BCUT2D eigenvalue weighted by atomic mass is 16.5. The number of rotatable bonds is 7. The van der Waals surface area contributed by atoms with Crippen LogP contribution in [0.4, 0.5) is 11.4 Å². The van der Waals surface area contributed by atoms with Crippen LogP contribution in [0.2, 0.25) is 0 Å². The minimum Gasteiger partial charge on any atom is -0.497 e. The van der Waals surface area contributed by atoms with E-state index in [1.807, 2.05) is 24.3 Å². The first-order valence-corrected chi connectivity index (χ1v) is 7.09. The van der Waals surface area contributed by atoms with Gasteiger partial charge in [0.1, 0.15) is 5.75 Å². The molecule has 0 aromatic heterocycles. The summed E-state index contributed by atoms with van der Waals surface area (Å²) in [5, 5.41) is 3.29. The summed E-state index contributed by atoms with van der Waals surface area (Å²) < 4.78 is 21.2. The Hall–Kier alpha value is -2.76. The fourth-order valence-corrected chi connectivity index (χ4v) is 2.26. The van der Waals surface area contributed by atoms with Crippen LogP contribution in [0.1, 0.15) is 5.56 Å². The van der Waals surface area contributed by atoms with E-state index >= 15 is 0 Å². The van der Waals surface area contributed by atoms with Crippen molar-refractivity contribution in [2.45, 2.75) is 6.54 Å². The van der Waals surface area contributed by atoms with Gasteiger partial charge in [-0.05, 0) is 29.8 Å². The fraction of sp³-hybridized carbons (Fsp3) is 0.294. The van der Waals surface area contributed by atoms with Crippen molar-refractivity contribution in [2.24, 2.45) is 0 Å². The lowest BCUT2D eigenvalue weighted by molar-refractivity contribution is 0.324. The molecule has 0 aliphatic heterocycles. The molecule has 2 aromatic carbocycles. The molecule has 3 N–H and O–H groups in total. The summed E-state index contributed by atoms with van der Waals surface area (Å²) in [6.07, 6.45) is 0. The Bertz CT molecular complexity index is 649. The second-order valence-corrected chi connectivity index (χ2v) is 4.84. The average molecular weight is 318 g/mol. The van der Waals surface area contributed by atoms with Crippen molar-refractivity contribution in [2.75, 3.05) is 39.5 Å². The lowest BCUT2D eigenvalue weighted by Gasteiger charge is -2.15. The second-order valence-electron chi connectivity index (χ2n) is 4.84. The van der Waals surface area contributed by atoms with E-state index in [-0.39, 0.29) is 0 Å². The Morgan fingerprint density at radius 2 is 1.52 bits per heavy atom. The van der Waals surface area contributed by atoms with E-state index in [0.717, 1.165) is 17.0 Å². The molecule has 2 rings (SSSR count). The summed E-state index contributed by atoms with van der Waals surface area (Å²) in [6.45, 7) is 0.563. The third-order valence-corrected chi connectivity index (χ3v) is 3.47. The van der Waals surface area contributed by atoms with E-state index in [0.29, 0.717) is 29.5 Å². The Morgan fingerprint density at radius 3 is 2.00 bits per heavy atom. The van der Waals surface area contributed by atoms with Gasteiger partial charge >= 0.3 is 0 Å². The minimum atomic E-state index is 0.563. The number of anilines is 2. The molecule has 6 heteroatoms. The second kappa shape index (κ2) is 7.49. The number of hydrogen-bond acceptors (Lipinski definition) is 6. The highest BCUT2D eigenvalue weighted by Gasteiger charge is 2.13. The maximum absolute atomic E-state index is 6.01. The van der Waals surface area contributed by atoms with Crippen LogP contribution in [0.3, 0.4) is 0 Å². The zero-order valence-corrected chi connectivity index (χ0v) is 13.8. The quantitative estimate of drug-likeness (QED) is 0.765. The number of benzene rings is 2. The monoisotopic (exact) mass is 318 g/mol. The van der Waals surface area contributed by atoms with Crippen molar-refractivity contribution in [3.8, 4) is 23.0 Å². The largest absolute Gasteiger partial charge is 0.497 e. The van der Waals surface area contributed by atoms with Crippen LogP contribution in [0.5, 0.6) is 23.0 Å². The molecule has 6 nitrogen and oxygen atoms in total. The number of hydrogen-bond donors (Lipinski definition) is 2. The Balaban J connectivity index is 2.20. The maximum atomic E-state index is 6.01. The number of ether oxygens (including phenoxy) is 4. The van der Waals surface area contributed by atoms with Gasteiger partial charge in [-0.1, -0.05) is 0 Å². The van der Waals surface area contributed by atoms with Gasteiger partial charge in [-0.3, -0.25) is 0 Å². The van der Waals surface area contributed by atoms with Crippen molar-refractivity contribution >= 4 is 11.4 Å². The molecule has 0 amide bonds. The van der Waals surface area contributed by atoms with Crippen LogP contribution in [0, 0.1) is 0 Å². The van der Waals surface area contributed by atoms with E-state index in [1.165, 1.54) is 0 Å². The van der Waals surface area contributed by atoms with Crippen LogP contribution in [0.15, 0.2) is 30.3 Å². The van der Waals surface area contributed by atoms with Crippen LogP contribution < -0.4 is 30.0 Å². The zero-order chi connectivity index (χ0) is 16.8. The van der Waals surface area contributed by atoms with E-state index in [1.54, 1.807) is 34.5 Å². The summed E-state index contributed by atoms with van der Waals surface area (Å²) in [6, 6.07) is 9.31. The lowest BCUT2D eigenvalue weighted by atomic mass is 10.1. The first-order valence-electron chi connectivity index (χ1n) is 7.09. The van der Waals surface area contributed by atoms with Crippen molar-refractivity contribution in [1.29, 1.82) is 0 Å². The molecule has 0 saturated heterocycles. The van der Waals surface area contributed by atoms with Crippen molar-refractivity contribution in [3.63, 3.8) is 0 Å². The maximum Gasteiger partial charge on any atom is 0.203 e. The first kappa shape index (κ1) is 16.6. The van der Waals surface area contributed by atoms with Crippen molar-refractivity contribution in [3.05, 3.63) is 35.9 Å². The predicted molar refractivity (Wildman–Crippen MR) is 90.8 cm³/mol. The van der Waals surface area contributed by atoms with Gasteiger partial charge in [0, 0.05) is 12.6 Å². The van der Waals surface area contributed by atoms with Gasteiger partial charge in [0.05, 0.1) is 39.8 Å². The standard InChI is InChI=1S/C17H22N2O4/c1-20-12-5-6-14(13(18)9-12)19-10-11-7-15(21-2)17(23-4)16(8-11)22-3/h5-9,19H,10,18H2,1-4H3. The topological polar surface area (TPSA) is 75.0 Å². The third-order valence-electron chi connectivity index (χ3n) is 3.47. The van der Waals surface area contributed by atoms with Crippen LogP contribution >= 0.6 is 0 Å². The SMILES string of the molecule is COc1ccc(NCc2cc(OC)c(OC)c(OC)c2)c(N)c1. The van der Waals surface area contributed by atoms with Gasteiger partial charge in [0.25, 0.3) is 0 Å². The van der Waals surface area contributed by atoms with Crippen molar-refractivity contribution in [1.82, 2.24) is 0 Å². The fourth-order valence-electron chi connectivity index (χ4n) is 2.26. The van der Waals surface area contributed by atoms with Gasteiger partial charge < -0.3 is 30.0 Å². The van der Waals surface area contributed by atoms with Gasteiger partial charge in [0.2, 0.25) is 5.75 Å². The molecule has 0 unspecified atom stereocenters. The van der Waals surface area contributed by atoms with Crippen LogP contribution in [-0.2, 0) is 6.54 Å². The Morgan fingerprint density at radius 1 is 0.870 bits per heavy atom. The summed E-state index contributed by atoms with van der Waals surface area (Å²) in [4.78, 5) is 0. The smallest absolute Gasteiger partial charge is 0.203 e. The predicted octanol–water partition coefficient (Wildman–Crippen LogP) is 2.92. The molecule has 0 bridgehead atoms. The van der Waals surface area contributed by atoms with E-state index in [2.05, 4.69) is 5.32 Å². The molecular weight excluding hydrogens is 296 g/mol. The molecule has 0 fully saturated rings. The minimum absolute atomic E-state index is 0.563. The number of nitrogens with one attached hydrogen (secondary N) is 1. The Labute approximate surface area is 136 Å². The molecule has 0 saturated carbocycles. The number of methoxy groups -OCH3 is 4. The summed E-state index contributed by atoms with van der Waals surface area (Å²) in [5.41, 5.74) is 8.44. The molecule has 23 heavy (non-hydrogen) atoms. The molecule has 0 radical (unpaired) electrons. The molecule has 2 aromatic rings. The molecule has 0 atom stereocenters. The van der Waals surface area contributed by atoms with E-state index in [4.69, 9.17) is 24.7 Å². The normalized spacial score (nSPS) is 10.1. The molecular formula is C17H22N2O4. The van der Waals surface area contributed by atoms with Gasteiger partial charge in [0.15, 0.2) is 11.5 Å². The Kier molecular flexibility index (Phi) is 5.41. The third kappa shape index (κ3) is 3.71. The molecule has 0 spiro atoms. The average Bonchev–Trinajstić information content (AvgIpc) is 2.59.